The van der Waals surface area contributed by atoms with Gasteiger partial charge < -0.3 is 10.4 Å². The van der Waals surface area contributed by atoms with Gasteiger partial charge in [0.15, 0.2) is 5.82 Å². The van der Waals surface area contributed by atoms with Crippen molar-refractivity contribution >= 4 is 11.6 Å². The van der Waals surface area contributed by atoms with E-state index >= 15 is 0 Å². The summed E-state index contributed by atoms with van der Waals surface area (Å²) in [6, 6.07) is 1.90. The van der Waals surface area contributed by atoms with Crippen molar-refractivity contribution in [1.29, 1.82) is 0 Å². The fourth-order valence-electron chi connectivity index (χ4n) is 1.26. The summed E-state index contributed by atoms with van der Waals surface area (Å²) >= 11 is 0. The third kappa shape index (κ3) is 4.27. The van der Waals surface area contributed by atoms with E-state index in [1.54, 1.807) is 0 Å². The van der Waals surface area contributed by atoms with E-state index in [1.165, 1.54) is 6.92 Å². The smallest absolute Gasteiger partial charge is 0.315 e. The summed E-state index contributed by atoms with van der Waals surface area (Å²) in [7, 11) is 0. The molecule has 0 radical (unpaired) electrons. The fourth-order valence-corrected chi connectivity index (χ4v) is 1.26. The summed E-state index contributed by atoms with van der Waals surface area (Å²) in [5.74, 6) is 2.87. The van der Waals surface area contributed by atoms with Crippen molar-refractivity contribution < 1.29 is 19.2 Å². The van der Waals surface area contributed by atoms with Crippen molar-refractivity contribution in [3.8, 4) is 17.6 Å². The van der Waals surface area contributed by atoms with Crippen molar-refractivity contribution in [3.63, 3.8) is 0 Å². The fraction of sp³-hybridized carbons (Fsp3) is 0.250. The third-order valence-electron chi connectivity index (χ3n) is 2.10. The van der Waals surface area contributed by atoms with E-state index in [-0.39, 0.29) is 11.5 Å². The van der Waals surface area contributed by atoms with Crippen LogP contribution in [0.2, 0.25) is 0 Å². The number of nitro benzene ring substituents is 1. The van der Waals surface area contributed by atoms with Crippen molar-refractivity contribution in [2.45, 2.75) is 13.3 Å². The van der Waals surface area contributed by atoms with Gasteiger partial charge in [-0.1, -0.05) is 11.8 Å². The average molecular weight is 266 g/mol. The van der Waals surface area contributed by atoms with Gasteiger partial charge in [-0.05, 0) is 6.07 Å². The second-order valence-corrected chi connectivity index (χ2v) is 3.62. The van der Waals surface area contributed by atoms with E-state index in [0.29, 0.717) is 13.0 Å². The van der Waals surface area contributed by atoms with Crippen molar-refractivity contribution in [3.05, 3.63) is 33.6 Å². The van der Waals surface area contributed by atoms with Gasteiger partial charge in [0.25, 0.3) is 0 Å². The van der Waals surface area contributed by atoms with Crippen LogP contribution in [0.15, 0.2) is 12.1 Å². The van der Waals surface area contributed by atoms with Crippen LogP contribution in [-0.4, -0.2) is 22.5 Å². The van der Waals surface area contributed by atoms with Gasteiger partial charge >= 0.3 is 5.69 Å². The number of nitrogens with zero attached hydrogens (tertiary/aromatic N) is 1. The zero-order chi connectivity index (χ0) is 14.4. The van der Waals surface area contributed by atoms with Gasteiger partial charge in [-0.2, -0.15) is 0 Å². The van der Waals surface area contributed by atoms with Crippen LogP contribution in [0.1, 0.15) is 18.9 Å². The molecule has 0 bridgehead atoms. The Kier molecular flexibility index (Phi) is 4.83. The molecule has 0 aliphatic rings. The zero-order valence-electron chi connectivity index (χ0n) is 10.1. The van der Waals surface area contributed by atoms with Crippen molar-refractivity contribution in [2.24, 2.45) is 0 Å². The van der Waals surface area contributed by atoms with Crippen LogP contribution in [-0.2, 0) is 4.79 Å². The van der Waals surface area contributed by atoms with Crippen LogP contribution in [0.5, 0.6) is 5.75 Å². The van der Waals surface area contributed by atoms with E-state index in [9.17, 15) is 19.3 Å². The molecule has 100 valence electrons. The Morgan fingerprint density at radius 2 is 2.26 bits per heavy atom. The molecule has 0 unspecified atom stereocenters. The molecule has 0 spiro atoms. The van der Waals surface area contributed by atoms with E-state index < -0.39 is 22.2 Å². The van der Waals surface area contributed by atoms with Gasteiger partial charge in [0.2, 0.25) is 11.7 Å². The van der Waals surface area contributed by atoms with Crippen molar-refractivity contribution in [1.82, 2.24) is 5.32 Å². The highest BCUT2D eigenvalue weighted by Gasteiger charge is 2.18. The number of halogens is 1. The quantitative estimate of drug-likeness (QED) is 0.373. The monoisotopic (exact) mass is 266 g/mol. The molecule has 19 heavy (non-hydrogen) atoms. The molecular weight excluding hydrogens is 255 g/mol. The zero-order valence-corrected chi connectivity index (χ0v) is 10.1. The van der Waals surface area contributed by atoms with Gasteiger partial charge in [0, 0.05) is 31.5 Å². The second-order valence-electron chi connectivity index (χ2n) is 3.62. The molecule has 0 aromatic heterocycles. The van der Waals surface area contributed by atoms with Gasteiger partial charge in [0.1, 0.15) is 0 Å². The van der Waals surface area contributed by atoms with Crippen LogP contribution in [0.3, 0.4) is 0 Å². The maximum absolute atomic E-state index is 13.2. The van der Waals surface area contributed by atoms with Gasteiger partial charge in [-0.15, -0.1) is 0 Å². The molecule has 1 rings (SSSR count). The molecule has 0 aliphatic carbocycles. The number of benzene rings is 1. The van der Waals surface area contributed by atoms with Crippen LogP contribution >= 0.6 is 0 Å². The minimum absolute atomic E-state index is 0.0878. The summed E-state index contributed by atoms with van der Waals surface area (Å²) in [6.07, 6.45) is 0.329. The summed E-state index contributed by atoms with van der Waals surface area (Å²) in [5, 5.41) is 22.2. The lowest BCUT2D eigenvalue weighted by Gasteiger charge is -1.98. The Bertz CT molecular complexity index is 575. The highest BCUT2D eigenvalue weighted by atomic mass is 19.1. The van der Waals surface area contributed by atoms with Crippen LogP contribution in [0, 0.1) is 27.8 Å². The Morgan fingerprint density at radius 3 is 2.84 bits per heavy atom. The maximum atomic E-state index is 13.2. The molecule has 0 fully saturated rings. The highest BCUT2D eigenvalue weighted by molar-refractivity contribution is 5.72. The topological polar surface area (TPSA) is 92.5 Å². The highest BCUT2D eigenvalue weighted by Crippen LogP contribution is 2.29. The third-order valence-corrected chi connectivity index (χ3v) is 2.10. The number of nitrogens with one attached hydrogen (secondary N) is 1. The summed E-state index contributed by atoms with van der Waals surface area (Å²) in [5.41, 5.74) is -0.643. The minimum Gasteiger partial charge on any atom is -0.500 e. The Balaban J connectivity index is 2.82. The number of aromatic hydroxyl groups is 1. The lowest BCUT2D eigenvalue weighted by molar-refractivity contribution is -0.386. The number of amides is 1. The normalized spacial score (nSPS) is 9.37. The molecule has 0 atom stereocenters. The first-order valence-electron chi connectivity index (χ1n) is 5.32. The van der Waals surface area contributed by atoms with E-state index in [4.69, 9.17) is 5.11 Å². The van der Waals surface area contributed by atoms with E-state index in [0.717, 1.165) is 12.1 Å². The molecule has 6 nitrogen and oxygen atoms in total. The summed E-state index contributed by atoms with van der Waals surface area (Å²) in [4.78, 5) is 20.2. The Morgan fingerprint density at radius 1 is 1.58 bits per heavy atom. The van der Waals surface area contributed by atoms with Crippen molar-refractivity contribution in [2.75, 3.05) is 6.54 Å². The number of rotatable bonds is 3. The van der Waals surface area contributed by atoms with Crippen LogP contribution < -0.4 is 5.32 Å². The first-order chi connectivity index (χ1) is 8.91. The molecule has 1 aromatic carbocycles. The number of phenolic OH excluding ortho intramolecular Hbond substituents is 1. The average Bonchev–Trinajstić information content (AvgIpc) is 2.32. The number of nitro groups is 1. The standard InChI is InChI=1S/C12H11FN2O4/c1-8(16)14-5-3-2-4-9-6-10(13)12(17)11(7-9)15(18)19/h6-7,17H,3,5H2,1H3,(H,14,16). The largest absolute Gasteiger partial charge is 0.500 e. The summed E-state index contributed by atoms with van der Waals surface area (Å²) < 4.78 is 13.2. The van der Waals surface area contributed by atoms with Gasteiger partial charge in [-0.25, -0.2) is 4.39 Å². The number of phenols is 1. The first kappa shape index (κ1) is 14.4. The number of carbonyl (C=O) groups excluding carboxylic acids is 1. The Hall–Kier alpha value is -2.62. The van der Waals surface area contributed by atoms with E-state index in [1.807, 2.05) is 0 Å². The Labute approximate surface area is 108 Å². The molecule has 0 aliphatic heterocycles. The van der Waals surface area contributed by atoms with E-state index in [2.05, 4.69) is 17.2 Å². The molecule has 2 N–H and O–H groups in total. The molecular formula is C12H11FN2O4. The molecule has 0 saturated carbocycles. The lowest BCUT2D eigenvalue weighted by Crippen LogP contribution is -2.20. The molecule has 0 heterocycles. The molecule has 1 aromatic rings. The maximum Gasteiger partial charge on any atom is 0.315 e. The van der Waals surface area contributed by atoms with Gasteiger partial charge in [0.05, 0.1) is 4.92 Å². The summed E-state index contributed by atoms with van der Waals surface area (Å²) in [6.45, 7) is 1.71. The minimum atomic E-state index is -1.10. The predicted molar refractivity (Wildman–Crippen MR) is 64.9 cm³/mol. The second kappa shape index (κ2) is 6.35. The molecule has 0 saturated heterocycles. The predicted octanol–water partition coefficient (Wildman–Crippen LogP) is 1.32. The number of carbonyl (C=O) groups is 1. The first-order valence-corrected chi connectivity index (χ1v) is 5.32. The van der Waals surface area contributed by atoms with Gasteiger partial charge in [-0.3, -0.25) is 14.9 Å². The van der Waals surface area contributed by atoms with Crippen LogP contribution in [0.4, 0.5) is 10.1 Å². The number of hydrogen-bond donors (Lipinski definition) is 2. The molecule has 1 amide bonds. The number of hydrogen-bond acceptors (Lipinski definition) is 4. The lowest BCUT2D eigenvalue weighted by atomic mass is 10.1. The SMILES string of the molecule is CC(=O)NCCC#Cc1cc(F)c(O)c([N+](=O)[O-])c1. The molecule has 7 heteroatoms. The van der Waals surface area contributed by atoms with Crippen LogP contribution in [0.25, 0.3) is 0 Å².